The maximum absolute atomic E-state index is 13.7. The van der Waals surface area contributed by atoms with Crippen LogP contribution < -0.4 is 10.6 Å². The van der Waals surface area contributed by atoms with E-state index in [1.54, 1.807) is 11.0 Å². The Balaban J connectivity index is 1.50. The predicted octanol–water partition coefficient (Wildman–Crippen LogP) is 1.54. The zero-order chi connectivity index (χ0) is 18.0. The van der Waals surface area contributed by atoms with Crippen molar-refractivity contribution in [2.45, 2.75) is 37.3 Å². The molecule has 3 rings (SSSR count). The standard InChI is InChI=1S/C17H20F3N3O2/c18-13-4-2-1-3-12(13)16(25)23-7-5-11(6-8-23)22-15(24)14-9-17(19,20)10-21-14/h1-4,11,14,21H,5-10H2,(H,22,24). The largest absolute Gasteiger partial charge is 0.352 e. The Morgan fingerprint density at radius 2 is 1.88 bits per heavy atom. The van der Waals surface area contributed by atoms with Crippen molar-refractivity contribution in [1.29, 1.82) is 0 Å². The first-order valence-corrected chi connectivity index (χ1v) is 8.31. The molecule has 2 N–H and O–H groups in total. The van der Waals surface area contributed by atoms with Crippen molar-refractivity contribution in [2.24, 2.45) is 0 Å². The molecule has 136 valence electrons. The minimum absolute atomic E-state index is 0.0300. The van der Waals surface area contributed by atoms with Gasteiger partial charge in [0.1, 0.15) is 5.82 Å². The zero-order valence-corrected chi connectivity index (χ0v) is 13.6. The smallest absolute Gasteiger partial charge is 0.262 e. The highest BCUT2D eigenvalue weighted by molar-refractivity contribution is 5.94. The molecule has 1 aromatic carbocycles. The Morgan fingerprint density at radius 3 is 2.48 bits per heavy atom. The van der Waals surface area contributed by atoms with Crippen LogP contribution in [0.4, 0.5) is 13.2 Å². The van der Waals surface area contributed by atoms with Gasteiger partial charge in [0.2, 0.25) is 5.91 Å². The van der Waals surface area contributed by atoms with Gasteiger partial charge in [0.25, 0.3) is 11.8 Å². The van der Waals surface area contributed by atoms with Crippen molar-refractivity contribution in [3.63, 3.8) is 0 Å². The Bertz CT molecular complexity index is 660. The average molecular weight is 355 g/mol. The second-order valence-electron chi connectivity index (χ2n) is 6.55. The lowest BCUT2D eigenvalue weighted by molar-refractivity contribution is -0.124. The van der Waals surface area contributed by atoms with E-state index in [1.807, 2.05) is 0 Å². The van der Waals surface area contributed by atoms with Crippen molar-refractivity contribution < 1.29 is 22.8 Å². The molecule has 0 saturated carbocycles. The molecule has 1 unspecified atom stereocenters. The van der Waals surface area contributed by atoms with Crippen LogP contribution in [0.25, 0.3) is 0 Å². The van der Waals surface area contributed by atoms with Crippen molar-refractivity contribution in [3.8, 4) is 0 Å². The molecule has 5 nitrogen and oxygen atoms in total. The van der Waals surface area contributed by atoms with Gasteiger partial charge in [0, 0.05) is 25.6 Å². The van der Waals surface area contributed by atoms with E-state index < -0.39 is 36.7 Å². The van der Waals surface area contributed by atoms with Gasteiger partial charge in [-0.25, -0.2) is 13.2 Å². The van der Waals surface area contributed by atoms with Crippen LogP contribution in [0.1, 0.15) is 29.6 Å². The van der Waals surface area contributed by atoms with Crippen LogP contribution >= 0.6 is 0 Å². The molecule has 25 heavy (non-hydrogen) atoms. The lowest BCUT2D eigenvalue weighted by Gasteiger charge is -2.33. The number of carbonyl (C=O) groups is 2. The minimum atomic E-state index is -2.85. The average Bonchev–Trinajstić information content (AvgIpc) is 2.95. The summed E-state index contributed by atoms with van der Waals surface area (Å²) in [5.41, 5.74) is 0.0300. The highest BCUT2D eigenvalue weighted by Crippen LogP contribution is 2.25. The second-order valence-corrected chi connectivity index (χ2v) is 6.55. The maximum atomic E-state index is 13.7. The van der Waals surface area contributed by atoms with Crippen molar-refractivity contribution in [3.05, 3.63) is 35.6 Å². The molecule has 8 heteroatoms. The van der Waals surface area contributed by atoms with Crippen molar-refractivity contribution in [1.82, 2.24) is 15.5 Å². The molecule has 0 aliphatic carbocycles. The van der Waals surface area contributed by atoms with Gasteiger partial charge < -0.3 is 10.2 Å². The second kappa shape index (κ2) is 7.03. The third-order valence-corrected chi connectivity index (χ3v) is 4.66. The van der Waals surface area contributed by atoms with E-state index in [-0.39, 0.29) is 17.5 Å². The Morgan fingerprint density at radius 1 is 1.20 bits per heavy atom. The predicted molar refractivity (Wildman–Crippen MR) is 84.8 cm³/mol. The summed E-state index contributed by atoms with van der Waals surface area (Å²) in [6.45, 7) is 0.277. The fourth-order valence-corrected chi connectivity index (χ4v) is 3.23. The van der Waals surface area contributed by atoms with Gasteiger partial charge in [-0.15, -0.1) is 0 Å². The van der Waals surface area contributed by atoms with Crippen LogP contribution in [0.15, 0.2) is 24.3 Å². The Hall–Kier alpha value is -2.09. The molecule has 1 atom stereocenters. The van der Waals surface area contributed by atoms with Gasteiger partial charge in [0.15, 0.2) is 0 Å². The number of piperidine rings is 1. The van der Waals surface area contributed by atoms with E-state index in [1.165, 1.54) is 18.2 Å². The van der Waals surface area contributed by atoms with E-state index in [9.17, 15) is 22.8 Å². The summed E-state index contributed by atoms with van der Waals surface area (Å²) >= 11 is 0. The number of hydrogen-bond donors (Lipinski definition) is 2. The Kier molecular flexibility index (Phi) is 4.99. The van der Waals surface area contributed by atoms with Crippen LogP contribution in [0.2, 0.25) is 0 Å². The molecular formula is C17H20F3N3O2. The summed E-state index contributed by atoms with van der Waals surface area (Å²) in [5.74, 6) is -4.22. The fourth-order valence-electron chi connectivity index (χ4n) is 3.23. The molecular weight excluding hydrogens is 335 g/mol. The highest BCUT2D eigenvalue weighted by Gasteiger charge is 2.42. The number of nitrogens with one attached hydrogen (secondary N) is 2. The monoisotopic (exact) mass is 355 g/mol. The molecule has 2 fully saturated rings. The van der Waals surface area contributed by atoms with Gasteiger partial charge >= 0.3 is 0 Å². The van der Waals surface area contributed by atoms with Gasteiger partial charge in [-0.3, -0.25) is 14.9 Å². The van der Waals surface area contributed by atoms with Crippen LogP contribution in [0.3, 0.4) is 0 Å². The number of hydrogen-bond acceptors (Lipinski definition) is 3. The van der Waals surface area contributed by atoms with E-state index in [2.05, 4.69) is 10.6 Å². The number of rotatable bonds is 3. The minimum Gasteiger partial charge on any atom is -0.352 e. The van der Waals surface area contributed by atoms with E-state index in [0.29, 0.717) is 25.9 Å². The molecule has 0 aromatic heterocycles. The SMILES string of the molecule is O=C(NC1CCN(C(=O)c2ccccc2F)CC1)C1CC(F)(F)CN1. The lowest BCUT2D eigenvalue weighted by Crippen LogP contribution is -2.50. The van der Waals surface area contributed by atoms with E-state index >= 15 is 0 Å². The number of nitrogens with zero attached hydrogens (tertiary/aromatic N) is 1. The molecule has 0 bridgehead atoms. The molecule has 2 aliphatic heterocycles. The van der Waals surface area contributed by atoms with E-state index in [4.69, 9.17) is 0 Å². The van der Waals surface area contributed by atoms with Gasteiger partial charge in [-0.05, 0) is 25.0 Å². The summed E-state index contributed by atoms with van der Waals surface area (Å²) in [5, 5.41) is 5.29. The number of halogens is 3. The number of benzene rings is 1. The van der Waals surface area contributed by atoms with Crippen LogP contribution in [0, 0.1) is 5.82 Å². The normalized spacial score (nSPS) is 23.5. The molecule has 2 aliphatic rings. The van der Waals surface area contributed by atoms with Crippen LogP contribution in [-0.4, -0.2) is 54.4 Å². The van der Waals surface area contributed by atoms with Gasteiger partial charge in [-0.2, -0.15) is 0 Å². The zero-order valence-electron chi connectivity index (χ0n) is 13.6. The summed E-state index contributed by atoms with van der Waals surface area (Å²) in [6.07, 6.45) is 0.521. The van der Waals surface area contributed by atoms with Gasteiger partial charge in [0.05, 0.1) is 18.2 Å². The van der Waals surface area contributed by atoms with Crippen molar-refractivity contribution >= 4 is 11.8 Å². The number of likely N-dealkylation sites (tertiary alicyclic amines) is 1. The van der Waals surface area contributed by atoms with Crippen LogP contribution in [-0.2, 0) is 4.79 Å². The quantitative estimate of drug-likeness (QED) is 0.865. The van der Waals surface area contributed by atoms with Crippen molar-refractivity contribution in [2.75, 3.05) is 19.6 Å². The molecule has 1 aromatic rings. The maximum Gasteiger partial charge on any atom is 0.262 e. The highest BCUT2D eigenvalue weighted by atomic mass is 19.3. The fraction of sp³-hybridized carbons (Fsp3) is 0.529. The van der Waals surface area contributed by atoms with Gasteiger partial charge in [-0.1, -0.05) is 12.1 Å². The number of alkyl halides is 2. The molecule has 2 amide bonds. The Labute approximate surface area is 143 Å². The molecule has 0 radical (unpaired) electrons. The summed E-state index contributed by atoms with van der Waals surface area (Å²) in [4.78, 5) is 25.9. The first-order valence-electron chi connectivity index (χ1n) is 8.31. The topological polar surface area (TPSA) is 61.4 Å². The molecule has 2 heterocycles. The first-order chi connectivity index (χ1) is 11.9. The summed E-state index contributed by atoms with van der Waals surface area (Å²) in [6, 6.07) is 4.76. The summed E-state index contributed by atoms with van der Waals surface area (Å²) in [7, 11) is 0. The summed E-state index contributed by atoms with van der Waals surface area (Å²) < 4.78 is 40.0. The third-order valence-electron chi connectivity index (χ3n) is 4.66. The number of carbonyl (C=O) groups excluding carboxylic acids is 2. The van der Waals surface area contributed by atoms with E-state index in [0.717, 1.165) is 0 Å². The van der Waals surface area contributed by atoms with Crippen LogP contribution in [0.5, 0.6) is 0 Å². The molecule has 2 saturated heterocycles. The number of amides is 2. The lowest BCUT2D eigenvalue weighted by atomic mass is 10.0. The molecule has 0 spiro atoms. The first kappa shape index (κ1) is 17.7. The third kappa shape index (κ3) is 4.12.